The van der Waals surface area contributed by atoms with E-state index in [1.54, 1.807) is 29.6 Å². The summed E-state index contributed by atoms with van der Waals surface area (Å²) in [7, 11) is 1.49. The third-order valence-electron chi connectivity index (χ3n) is 4.25. The Morgan fingerprint density at radius 1 is 1.28 bits per heavy atom. The molecule has 2 aromatic carbocycles. The Morgan fingerprint density at radius 3 is 2.83 bits per heavy atom. The number of aryl methyl sites for hydroxylation is 1. The van der Waals surface area contributed by atoms with Gasteiger partial charge in [0.25, 0.3) is 11.6 Å². The largest absolute Gasteiger partial charge is 0.495 e. The van der Waals surface area contributed by atoms with Crippen LogP contribution in [0.1, 0.15) is 15.9 Å². The maximum absolute atomic E-state index is 12.7. The summed E-state index contributed by atoms with van der Waals surface area (Å²) in [5.41, 5.74) is 1.72. The number of nitro benzene ring substituents is 1. The van der Waals surface area contributed by atoms with Gasteiger partial charge in [0.15, 0.2) is 0 Å². The molecule has 0 radical (unpaired) electrons. The minimum atomic E-state index is -0.513. The monoisotopic (exact) mass is 410 g/mol. The van der Waals surface area contributed by atoms with Gasteiger partial charge in [0.1, 0.15) is 17.1 Å². The molecule has 1 amide bonds. The Kier molecular flexibility index (Phi) is 4.64. The van der Waals surface area contributed by atoms with E-state index < -0.39 is 10.8 Å². The standard InChI is InChI=1S/C18H14N6O4S/c1-10-3-4-11(8-14(10)24(26)27)16(25)20-13-7-12(5-6-15(13)28-2)17-22-23-9-19-21-18(23)29-17/h3-9H,1-2H3,(H,20,25). The molecule has 2 heterocycles. The number of aromatic nitrogens is 4. The zero-order valence-corrected chi connectivity index (χ0v) is 16.1. The van der Waals surface area contributed by atoms with Crippen LogP contribution < -0.4 is 10.1 Å². The summed E-state index contributed by atoms with van der Waals surface area (Å²) in [6, 6.07) is 9.59. The van der Waals surface area contributed by atoms with E-state index >= 15 is 0 Å². The number of nitro groups is 1. The first-order chi connectivity index (χ1) is 14.0. The minimum absolute atomic E-state index is 0.113. The SMILES string of the molecule is COc1ccc(-c2nn3cnnc3s2)cc1NC(=O)c1ccc(C)c([N+](=O)[O-])c1. The van der Waals surface area contributed by atoms with Crippen LogP contribution in [-0.2, 0) is 0 Å². The molecule has 0 saturated carbocycles. The molecule has 4 aromatic rings. The predicted molar refractivity (Wildman–Crippen MR) is 106 cm³/mol. The molecule has 10 nitrogen and oxygen atoms in total. The summed E-state index contributed by atoms with van der Waals surface area (Å²) >= 11 is 1.35. The first-order valence-corrected chi connectivity index (χ1v) is 9.19. The van der Waals surface area contributed by atoms with E-state index in [9.17, 15) is 14.9 Å². The summed E-state index contributed by atoms with van der Waals surface area (Å²) in [5, 5.41) is 26.7. The lowest BCUT2D eigenvalue weighted by atomic mass is 10.1. The number of hydrogen-bond acceptors (Lipinski definition) is 8. The highest BCUT2D eigenvalue weighted by molar-refractivity contribution is 7.19. The molecule has 0 bridgehead atoms. The van der Waals surface area contributed by atoms with Crippen LogP contribution in [0.2, 0.25) is 0 Å². The van der Waals surface area contributed by atoms with Crippen LogP contribution in [-0.4, -0.2) is 37.8 Å². The van der Waals surface area contributed by atoms with Gasteiger partial charge in [0.05, 0.1) is 17.7 Å². The molecule has 1 N–H and O–H groups in total. The lowest BCUT2D eigenvalue weighted by Gasteiger charge is -2.11. The van der Waals surface area contributed by atoms with Gasteiger partial charge in [0.2, 0.25) is 4.96 Å². The smallest absolute Gasteiger partial charge is 0.273 e. The molecule has 0 aliphatic rings. The zero-order valence-electron chi connectivity index (χ0n) is 15.3. The highest BCUT2D eigenvalue weighted by atomic mass is 32.1. The number of hydrogen-bond donors (Lipinski definition) is 1. The second kappa shape index (κ2) is 7.28. The van der Waals surface area contributed by atoms with Crippen LogP contribution in [0.5, 0.6) is 5.75 Å². The van der Waals surface area contributed by atoms with Crippen molar-refractivity contribution in [2.75, 3.05) is 12.4 Å². The van der Waals surface area contributed by atoms with Gasteiger partial charge in [-0.25, -0.2) is 0 Å². The molecule has 0 atom stereocenters. The van der Waals surface area contributed by atoms with E-state index in [-0.39, 0.29) is 11.3 Å². The maximum Gasteiger partial charge on any atom is 0.273 e. The topological polar surface area (TPSA) is 125 Å². The lowest BCUT2D eigenvalue weighted by Crippen LogP contribution is -2.13. The van der Waals surface area contributed by atoms with E-state index in [4.69, 9.17) is 4.74 Å². The van der Waals surface area contributed by atoms with E-state index in [1.807, 2.05) is 6.07 Å². The van der Waals surface area contributed by atoms with Crippen molar-refractivity contribution in [3.05, 3.63) is 64.0 Å². The van der Waals surface area contributed by atoms with Crippen LogP contribution in [0.25, 0.3) is 15.5 Å². The number of rotatable bonds is 5. The zero-order chi connectivity index (χ0) is 20.5. The Morgan fingerprint density at radius 2 is 2.10 bits per heavy atom. The van der Waals surface area contributed by atoms with E-state index in [0.717, 1.165) is 5.56 Å². The van der Waals surface area contributed by atoms with Crippen LogP contribution in [0, 0.1) is 17.0 Å². The highest BCUT2D eigenvalue weighted by Crippen LogP contribution is 2.33. The molecular formula is C18H14N6O4S. The molecule has 0 spiro atoms. The third kappa shape index (κ3) is 3.50. The van der Waals surface area contributed by atoms with Crippen molar-refractivity contribution < 1.29 is 14.5 Å². The van der Waals surface area contributed by atoms with Gasteiger partial charge in [-0.05, 0) is 31.2 Å². The third-order valence-corrected chi connectivity index (χ3v) is 5.21. The highest BCUT2D eigenvalue weighted by Gasteiger charge is 2.17. The van der Waals surface area contributed by atoms with Crippen LogP contribution in [0.4, 0.5) is 11.4 Å². The fourth-order valence-electron chi connectivity index (χ4n) is 2.76. The van der Waals surface area contributed by atoms with Crippen molar-refractivity contribution in [3.63, 3.8) is 0 Å². The number of amides is 1. The van der Waals surface area contributed by atoms with Gasteiger partial charge in [0, 0.05) is 22.8 Å². The summed E-state index contributed by atoms with van der Waals surface area (Å²) in [5.74, 6) is -0.0339. The van der Waals surface area contributed by atoms with Crippen molar-refractivity contribution in [2.24, 2.45) is 0 Å². The molecule has 29 heavy (non-hydrogen) atoms. The van der Waals surface area contributed by atoms with Crippen LogP contribution >= 0.6 is 11.3 Å². The van der Waals surface area contributed by atoms with Crippen molar-refractivity contribution in [3.8, 4) is 16.3 Å². The second-order valence-electron chi connectivity index (χ2n) is 6.09. The summed E-state index contributed by atoms with van der Waals surface area (Å²) in [4.78, 5) is 24.0. The van der Waals surface area contributed by atoms with E-state index in [2.05, 4.69) is 20.6 Å². The van der Waals surface area contributed by atoms with Gasteiger partial charge in [-0.15, -0.1) is 10.2 Å². The van der Waals surface area contributed by atoms with Crippen molar-refractivity contribution in [2.45, 2.75) is 6.92 Å². The van der Waals surface area contributed by atoms with Gasteiger partial charge in [-0.2, -0.15) is 9.61 Å². The predicted octanol–water partition coefficient (Wildman–Crippen LogP) is 3.33. The maximum atomic E-state index is 12.7. The Balaban J connectivity index is 1.67. The van der Waals surface area contributed by atoms with Crippen LogP contribution in [0.3, 0.4) is 0 Å². The first kappa shape index (κ1) is 18.5. The molecule has 0 aliphatic heterocycles. The normalized spacial score (nSPS) is 10.8. The van der Waals surface area contributed by atoms with Gasteiger partial charge in [-0.1, -0.05) is 17.4 Å². The van der Waals surface area contributed by atoms with Gasteiger partial charge >= 0.3 is 0 Å². The van der Waals surface area contributed by atoms with Crippen molar-refractivity contribution in [1.29, 1.82) is 0 Å². The molecule has 0 saturated heterocycles. The van der Waals surface area contributed by atoms with Gasteiger partial charge in [-0.3, -0.25) is 14.9 Å². The average molecular weight is 410 g/mol. The molecule has 11 heteroatoms. The minimum Gasteiger partial charge on any atom is -0.495 e. The number of nitrogens with zero attached hydrogens (tertiary/aromatic N) is 5. The fourth-order valence-corrected chi connectivity index (χ4v) is 3.57. The second-order valence-corrected chi connectivity index (χ2v) is 7.05. The summed E-state index contributed by atoms with van der Waals surface area (Å²) in [6.45, 7) is 1.62. The number of ether oxygens (including phenoxy) is 1. The average Bonchev–Trinajstić information content (AvgIpc) is 3.30. The molecule has 146 valence electrons. The molecular weight excluding hydrogens is 396 g/mol. The fraction of sp³-hybridized carbons (Fsp3) is 0.111. The van der Waals surface area contributed by atoms with Crippen molar-refractivity contribution >= 4 is 33.6 Å². The number of methoxy groups -OCH3 is 1. The summed E-state index contributed by atoms with van der Waals surface area (Å²) in [6.07, 6.45) is 1.51. The quantitative estimate of drug-likeness (QED) is 0.395. The molecule has 0 aliphatic carbocycles. The molecule has 0 fully saturated rings. The number of carbonyl (C=O) groups is 1. The Labute approximate surface area is 167 Å². The van der Waals surface area contributed by atoms with Crippen molar-refractivity contribution in [1.82, 2.24) is 19.8 Å². The number of anilines is 1. The number of benzene rings is 2. The Hall–Kier alpha value is -3.86. The molecule has 0 unspecified atom stereocenters. The first-order valence-electron chi connectivity index (χ1n) is 8.38. The van der Waals surface area contributed by atoms with E-state index in [0.29, 0.717) is 27.0 Å². The molecule has 2 aromatic heterocycles. The van der Waals surface area contributed by atoms with Crippen LogP contribution in [0.15, 0.2) is 42.7 Å². The number of nitrogens with one attached hydrogen (secondary N) is 1. The number of carbonyl (C=O) groups excluding carboxylic acids is 1. The number of fused-ring (bicyclic) bond motifs is 1. The lowest BCUT2D eigenvalue weighted by molar-refractivity contribution is -0.385. The van der Waals surface area contributed by atoms with Gasteiger partial charge < -0.3 is 10.1 Å². The van der Waals surface area contributed by atoms with E-state index in [1.165, 1.54) is 36.9 Å². The Bertz CT molecular complexity index is 1220. The molecule has 4 rings (SSSR count). The summed E-state index contributed by atoms with van der Waals surface area (Å²) < 4.78 is 6.89.